The van der Waals surface area contributed by atoms with Gasteiger partial charge in [-0.2, -0.15) is 0 Å². The van der Waals surface area contributed by atoms with Crippen molar-refractivity contribution in [1.29, 1.82) is 0 Å². The van der Waals surface area contributed by atoms with Crippen molar-refractivity contribution in [1.82, 2.24) is 0 Å². The van der Waals surface area contributed by atoms with Crippen LogP contribution in [0.3, 0.4) is 0 Å². The van der Waals surface area contributed by atoms with Gasteiger partial charge < -0.3 is 4.43 Å². The fourth-order valence-electron chi connectivity index (χ4n) is 0.750. The van der Waals surface area contributed by atoms with Crippen LogP contribution in [0.2, 0.25) is 0 Å². The Hall–Kier alpha value is -0.0262. The highest BCUT2D eigenvalue weighted by Gasteiger charge is 2.67. The molecule has 4 atom stereocenters. The van der Waals surface area contributed by atoms with Crippen molar-refractivity contribution >= 4 is 17.2 Å². The highest BCUT2D eigenvalue weighted by molar-refractivity contribution is 7.22. The molecule has 1 aliphatic heterocycles. The lowest BCUT2D eigenvalue weighted by Gasteiger charge is -2.30. The third-order valence-corrected chi connectivity index (χ3v) is 6.79. The van der Waals surface area contributed by atoms with Crippen molar-refractivity contribution in [2.75, 3.05) is 0 Å². The zero-order valence-corrected chi connectivity index (χ0v) is 7.64. The first-order valence-corrected chi connectivity index (χ1v) is 7.52. The Bertz CT molecular complexity index is 178. The van der Waals surface area contributed by atoms with E-state index in [1.54, 1.807) is 0 Å². The second kappa shape index (κ2) is 3.03. The van der Waals surface area contributed by atoms with Gasteiger partial charge in [0.1, 0.15) is 0 Å². The lowest BCUT2D eigenvalue weighted by atomic mass is 10.4. The van der Waals surface area contributed by atoms with E-state index in [0.29, 0.717) is 0 Å². The summed E-state index contributed by atoms with van der Waals surface area (Å²) in [6.45, 7) is 0. The molecule has 4 unspecified atom stereocenters. The Kier molecular flexibility index (Phi) is 2.54. The molecule has 0 radical (unpaired) electrons. The first-order chi connectivity index (χ1) is 5.37. The van der Waals surface area contributed by atoms with Gasteiger partial charge in [-0.15, -0.1) is 0 Å². The first-order valence-electron chi connectivity index (χ1n) is 2.97. The van der Waals surface area contributed by atoms with Crippen molar-refractivity contribution in [2.45, 2.75) is 18.3 Å². The van der Waals surface area contributed by atoms with Gasteiger partial charge >= 0.3 is 17.2 Å². The van der Waals surface area contributed by atoms with Gasteiger partial charge in [0.25, 0.3) is 0 Å². The second-order valence-corrected chi connectivity index (χ2v) is 8.80. The predicted octanol–water partition coefficient (Wildman–Crippen LogP) is 1.18. The number of rotatable bonds is 0. The van der Waals surface area contributed by atoms with E-state index in [0.717, 1.165) is 0 Å². The standard InChI is InChI=1S/C3H4F6OSi2/c4-1-2(5)10-11(7)12(8,9)3(1)6/h1-3,11H. The third-order valence-electron chi connectivity index (χ3n) is 1.45. The van der Waals surface area contributed by atoms with Crippen molar-refractivity contribution in [3.8, 4) is 0 Å². The summed E-state index contributed by atoms with van der Waals surface area (Å²) in [5, 5.41) is 0. The van der Waals surface area contributed by atoms with Crippen LogP contribution in [0.1, 0.15) is 0 Å². The van der Waals surface area contributed by atoms with Crippen molar-refractivity contribution in [3.05, 3.63) is 0 Å². The summed E-state index contributed by atoms with van der Waals surface area (Å²) in [6.07, 6.45) is -5.93. The summed E-state index contributed by atoms with van der Waals surface area (Å²) in [5.41, 5.74) is 0. The fraction of sp³-hybridized carbons (Fsp3) is 1.00. The zero-order valence-electron chi connectivity index (χ0n) is 5.49. The summed E-state index contributed by atoms with van der Waals surface area (Å²) in [4.78, 5) is 0. The summed E-state index contributed by atoms with van der Waals surface area (Å²) >= 11 is 0. The van der Waals surface area contributed by atoms with E-state index in [1.165, 1.54) is 0 Å². The van der Waals surface area contributed by atoms with Crippen LogP contribution in [0.5, 0.6) is 0 Å². The highest BCUT2D eigenvalue weighted by atomic mass is 29.3. The molecule has 0 aromatic heterocycles. The van der Waals surface area contributed by atoms with Crippen LogP contribution >= 0.6 is 0 Å². The maximum Gasteiger partial charge on any atom is 0.503 e. The molecular formula is C3H4F6OSi2. The predicted molar refractivity (Wildman–Crippen MR) is 32.0 cm³/mol. The van der Waals surface area contributed by atoms with Gasteiger partial charge in [0.05, 0.1) is 0 Å². The van der Waals surface area contributed by atoms with E-state index >= 15 is 0 Å². The highest BCUT2D eigenvalue weighted by Crippen LogP contribution is 2.33. The van der Waals surface area contributed by atoms with E-state index in [-0.39, 0.29) is 0 Å². The third kappa shape index (κ3) is 1.40. The molecule has 0 N–H and O–H groups in total. The minimum atomic E-state index is -5.93. The lowest BCUT2D eigenvalue weighted by Crippen LogP contribution is -2.62. The van der Waals surface area contributed by atoms with Crippen LogP contribution in [0.4, 0.5) is 25.5 Å². The molecule has 0 amide bonds. The average Bonchev–Trinajstić information content (AvgIpc) is 1.99. The first kappa shape index (κ1) is 10.1. The largest absolute Gasteiger partial charge is 0.503 e. The van der Waals surface area contributed by atoms with E-state index in [1.807, 2.05) is 0 Å². The van der Waals surface area contributed by atoms with Gasteiger partial charge in [0, 0.05) is 0 Å². The van der Waals surface area contributed by atoms with Gasteiger partial charge in [-0.3, -0.25) is 12.3 Å². The molecule has 72 valence electrons. The van der Waals surface area contributed by atoms with Crippen LogP contribution in [-0.2, 0) is 4.43 Å². The topological polar surface area (TPSA) is 9.23 Å². The normalized spacial score (nSPS) is 47.5. The molecule has 0 aliphatic carbocycles. The monoisotopic (exact) mass is 226 g/mol. The van der Waals surface area contributed by atoms with E-state index in [2.05, 4.69) is 4.43 Å². The van der Waals surface area contributed by atoms with Gasteiger partial charge in [0.2, 0.25) is 6.36 Å². The molecule has 0 aromatic rings. The summed E-state index contributed by atoms with van der Waals surface area (Å²) in [7, 11) is -10.6. The summed E-state index contributed by atoms with van der Waals surface area (Å²) in [5.74, 6) is -3.30. The molecule has 1 heterocycles. The van der Waals surface area contributed by atoms with Crippen LogP contribution in [0, 0.1) is 0 Å². The van der Waals surface area contributed by atoms with Gasteiger partial charge in [-0.25, -0.2) is 13.2 Å². The SMILES string of the molecule is FC1O[SiH](F)[Si](F)(F)C(F)C1F. The quantitative estimate of drug-likeness (QED) is 0.342. The molecular weight excluding hydrogens is 222 g/mol. The fourth-order valence-corrected chi connectivity index (χ4v) is 4.37. The molecule has 1 saturated heterocycles. The number of hydrogen-bond acceptors (Lipinski definition) is 1. The Morgan fingerprint density at radius 3 is 2.17 bits per heavy atom. The molecule has 1 fully saturated rings. The van der Waals surface area contributed by atoms with E-state index in [4.69, 9.17) is 0 Å². The molecule has 0 bridgehead atoms. The zero-order chi connectivity index (χ0) is 9.52. The van der Waals surface area contributed by atoms with Crippen molar-refractivity contribution in [3.63, 3.8) is 0 Å². The molecule has 12 heavy (non-hydrogen) atoms. The summed E-state index contributed by atoms with van der Waals surface area (Å²) < 4.78 is 76.8. The minimum Gasteiger partial charge on any atom is -0.359 e. The number of alkyl halides is 3. The van der Waals surface area contributed by atoms with Crippen LogP contribution in [-0.4, -0.2) is 35.5 Å². The smallest absolute Gasteiger partial charge is 0.359 e. The van der Waals surface area contributed by atoms with Gasteiger partial charge in [0.15, 0.2) is 12.0 Å². The molecule has 9 heteroatoms. The molecule has 1 rings (SSSR count). The lowest BCUT2D eigenvalue weighted by molar-refractivity contribution is -0.0454. The second-order valence-electron chi connectivity index (χ2n) is 2.32. The van der Waals surface area contributed by atoms with E-state index < -0.39 is 35.5 Å². The van der Waals surface area contributed by atoms with E-state index in [9.17, 15) is 25.5 Å². The number of halogens is 6. The molecule has 0 aromatic carbocycles. The molecule has 0 spiro atoms. The van der Waals surface area contributed by atoms with Crippen LogP contribution in [0.25, 0.3) is 0 Å². The average molecular weight is 226 g/mol. The Morgan fingerprint density at radius 1 is 1.17 bits per heavy atom. The van der Waals surface area contributed by atoms with Crippen molar-refractivity contribution in [2.24, 2.45) is 0 Å². The van der Waals surface area contributed by atoms with Gasteiger partial charge in [-0.1, -0.05) is 0 Å². The summed E-state index contributed by atoms with van der Waals surface area (Å²) in [6, 6.07) is 0. The Balaban J connectivity index is 2.80. The maximum absolute atomic E-state index is 12.3. The van der Waals surface area contributed by atoms with Crippen LogP contribution < -0.4 is 0 Å². The molecule has 0 saturated carbocycles. The van der Waals surface area contributed by atoms with Crippen LogP contribution in [0.15, 0.2) is 0 Å². The Labute approximate surface area is 66.4 Å². The molecule has 1 nitrogen and oxygen atoms in total. The number of hydrogen-bond donors (Lipinski definition) is 0. The Morgan fingerprint density at radius 2 is 1.67 bits per heavy atom. The molecule has 1 aliphatic rings. The van der Waals surface area contributed by atoms with Gasteiger partial charge in [-0.05, 0) is 0 Å². The minimum absolute atomic E-state index is 2.88. The maximum atomic E-state index is 12.3. The van der Waals surface area contributed by atoms with Crippen molar-refractivity contribution < 1.29 is 29.9 Å².